The molecule has 3 nitrogen and oxygen atoms in total. The second kappa shape index (κ2) is 6.35. The minimum absolute atomic E-state index is 0.127. The van der Waals surface area contributed by atoms with Crippen molar-refractivity contribution in [1.29, 1.82) is 0 Å². The highest BCUT2D eigenvalue weighted by Crippen LogP contribution is 2.20. The van der Waals surface area contributed by atoms with Crippen LogP contribution in [0.1, 0.15) is 26.2 Å². The lowest BCUT2D eigenvalue weighted by Crippen LogP contribution is -2.25. The number of hydrogen-bond acceptors (Lipinski definition) is 3. The summed E-state index contributed by atoms with van der Waals surface area (Å²) < 4.78 is 10.9. The first-order valence-corrected chi connectivity index (χ1v) is 5.18. The molecule has 13 heavy (non-hydrogen) atoms. The molecule has 3 heteroatoms. The van der Waals surface area contributed by atoms with Crippen molar-refractivity contribution in [3.8, 4) is 0 Å². The van der Waals surface area contributed by atoms with Crippen LogP contribution in [0.15, 0.2) is 0 Å². The predicted octanol–water partition coefficient (Wildman–Crippen LogP) is 1.20. The standard InChI is InChI=1S/C10H20O3/c1-2-3-5-12-8-10-9(7-11)4-6-13-10/h9-11H,2-8H2,1H3/t9-,10-/m0/s1. The summed E-state index contributed by atoms with van der Waals surface area (Å²) in [5.74, 6) is 0.293. The Morgan fingerprint density at radius 3 is 3.08 bits per heavy atom. The number of aliphatic hydroxyl groups excluding tert-OH is 1. The van der Waals surface area contributed by atoms with Crippen LogP contribution in [-0.4, -0.2) is 37.6 Å². The Hall–Kier alpha value is -0.120. The van der Waals surface area contributed by atoms with E-state index in [2.05, 4.69) is 6.92 Å². The van der Waals surface area contributed by atoms with Crippen LogP contribution in [0.25, 0.3) is 0 Å². The van der Waals surface area contributed by atoms with Crippen LogP contribution in [0.2, 0.25) is 0 Å². The molecule has 2 atom stereocenters. The maximum Gasteiger partial charge on any atom is 0.0859 e. The molecule has 0 radical (unpaired) electrons. The van der Waals surface area contributed by atoms with Crippen LogP contribution in [0.4, 0.5) is 0 Å². The number of ether oxygens (including phenoxy) is 2. The zero-order valence-electron chi connectivity index (χ0n) is 8.37. The molecule has 0 amide bonds. The lowest BCUT2D eigenvalue weighted by atomic mass is 10.0. The zero-order valence-corrected chi connectivity index (χ0v) is 8.37. The molecule has 1 aliphatic heterocycles. The van der Waals surface area contributed by atoms with Crippen molar-refractivity contribution in [2.45, 2.75) is 32.3 Å². The largest absolute Gasteiger partial charge is 0.396 e. The average Bonchev–Trinajstić information content (AvgIpc) is 2.60. The third-order valence-electron chi connectivity index (χ3n) is 2.51. The highest BCUT2D eigenvalue weighted by atomic mass is 16.5. The zero-order chi connectivity index (χ0) is 9.52. The molecular weight excluding hydrogens is 168 g/mol. The van der Waals surface area contributed by atoms with E-state index in [1.165, 1.54) is 0 Å². The molecule has 1 N–H and O–H groups in total. The van der Waals surface area contributed by atoms with Gasteiger partial charge in [0.1, 0.15) is 0 Å². The van der Waals surface area contributed by atoms with Crippen LogP contribution < -0.4 is 0 Å². The Labute approximate surface area is 80.0 Å². The monoisotopic (exact) mass is 188 g/mol. The third-order valence-corrected chi connectivity index (χ3v) is 2.51. The van der Waals surface area contributed by atoms with E-state index in [0.717, 1.165) is 32.5 Å². The molecule has 0 bridgehead atoms. The number of aliphatic hydroxyl groups is 1. The molecule has 0 aromatic rings. The fourth-order valence-corrected chi connectivity index (χ4v) is 1.53. The molecular formula is C10H20O3. The van der Waals surface area contributed by atoms with Crippen LogP contribution in [0.5, 0.6) is 0 Å². The van der Waals surface area contributed by atoms with Crippen molar-refractivity contribution >= 4 is 0 Å². The van der Waals surface area contributed by atoms with Gasteiger partial charge in [-0.05, 0) is 12.8 Å². The maximum atomic E-state index is 9.00. The SMILES string of the molecule is CCCCOC[C@@H]1OCC[C@H]1CO. The summed E-state index contributed by atoms with van der Waals surface area (Å²) in [7, 11) is 0. The van der Waals surface area contributed by atoms with E-state index in [9.17, 15) is 0 Å². The second-order valence-corrected chi connectivity index (χ2v) is 3.57. The number of hydrogen-bond donors (Lipinski definition) is 1. The quantitative estimate of drug-likeness (QED) is 0.637. The lowest BCUT2D eigenvalue weighted by molar-refractivity contribution is -0.00744. The smallest absolute Gasteiger partial charge is 0.0859 e. The molecule has 1 saturated heterocycles. The lowest BCUT2D eigenvalue weighted by Gasteiger charge is -2.16. The van der Waals surface area contributed by atoms with Gasteiger partial charge in [-0.15, -0.1) is 0 Å². The Balaban J connectivity index is 2.06. The van der Waals surface area contributed by atoms with Crippen molar-refractivity contribution in [3.63, 3.8) is 0 Å². The third kappa shape index (κ3) is 3.63. The summed E-state index contributed by atoms with van der Waals surface area (Å²) in [5.41, 5.74) is 0. The molecule has 1 aliphatic rings. The average molecular weight is 188 g/mol. The first kappa shape index (κ1) is 11.0. The number of unbranched alkanes of at least 4 members (excludes halogenated alkanes) is 1. The van der Waals surface area contributed by atoms with Gasteiger partial charge >= 0.3 is 0 Å². The predicted molar refractivity (Wildman–Crippen MR) is 50.7 cm³/mol. The molecule has 0 aromatic heterocycles. The van der Waals surface area contributed by atoms with Crippen LogP contribution in [-0.2, 0) is 9.47 Å². The van der Waals surface area contributed by atoms with Crippen molar-refractivity contribution < 1.29 is 14.6 Å². The molecule has 0 aliphatic carbocycles. The molecule has 0 saturated carbocycles. The Morgan fingerprint density at radius 2 is 2.38 bits per heavy atom. The van der Waals surface area contributed by atoms with Crippen LogP contribution in [0, 0.1) is 5.92 Å². The van der Waals surface area contributed by atoms with E-state index in [-0.39, 0.29) is 12.7 Å². The Bertz CT molecular complexity index is 127. The highest BCUT2D eigenvalue weighted by molar-refractivity contribution is 4.75. The minimum atomic E-state index is 0.127. The summed E-state index contributed by atoms with van der Waals surface area (Å²) in [4.78, 5) is 0. The molecule has 78 valence electrons. The van der Waals surface area contributed by atoms with Gasteiger partial charge in [-0.1, -0.05) is 13.3 Å². The number of rotatable bonds is 6. The van der Waals surface area contributed by atoms with Gasteiger partial charge in [-0.25, -0.2) is 0 Å². The summed E-state index contributed by atoms with van der Waals surface area (Å²) in [6.07, 6.45) is 3.37. The van der Waals surface area contributed by atoms with Gasteiger partial charge in [0.15, 0.2) is 0 Å². The second-order valence-electron chi connectivity index (χ2n) is 3.57. The Kier molecular flexibility index (Phi) is 5.35. The van der Waals surface area contributed by atoms with E-state index in [1.807, 2.05) is 0 Å². The Morgan fingerprint density at radius 1 is 1.54 bits per heavy atom. The highest BCUT2D eigenvalue weighted by Gasteiger charge is 2.27. The van der Waals surface area contributed by atoms with Crippen molar-refractivity contribution in [3.05, 3.63) is 0 Å². The molecule has 1 fully saturated rings. The fourth-order valence-electron chi connectivity index (χ4n) is 1.53. The van der Waals surface area contributed by atoms with Crippen molar-refractivity contribution in [2.24, 2.45) is 5.92 Å². The molecule has 1 rings (SSSR count). The van der Waals surface area contributed by atoms with E-state index in [1.54, 1.807) is 0 Å². The first-order valence-electron chi connectivity index (χ1n) is 5.18. The van der Waals surface area contributed by atoms with E-state index >= 15 is 0 Å². The van der Waals surface area contributed by atoms with Crippen LogP contribution in [0.3, 0.4) is 0 Å². The van der Waals surface area contributed by atoms with Gasteiger partial charge in [0.25, 0.3) is 0 Å². The van der Waals surface area contributed by atoms with Crippen LogP contribution >= 0.6 is 0 Å². The van der Waals surface area contributed by atoms with Gasteiger partial charge in [0, 0.05) is 25.7 Å². The molecule has 0 unspecified atom stereocenters. The van der Waals surface area contributed by atoms with Gasteiger partial charge in [0.05, 0.1) is 12.7 Å². The van der Waals surface area contributed by atoms with Gasteiger partial charge < -0.3 is 14.6 Å². The van der Waals surface area contributed by atoms with Crippen molar-refractivity contribution in [2.75, 3.05) is 26.4 Å². The van der Waals surface area contributed by atoms with Gasteiger partial charge in [0.2, 0.25) is 0 Å². The summed E-state index contributed by atoms with van der Waals surface area (Å²) in [5, 5.41) is 9.00. The van der Waals surface area contributed by atoms with E-state index < -0.39 is 0 Å². The van der Waals surface area contributed by atoms with Gasteiger partial charge in [-0.2, -0.15) is 0 Å². The van der Waals surface area contributed by atoms with E-state index in [0.29, 0.717) is 12.5 Å². The first-order chi connectivity index (χ1) is 6.38. The van der Waals surface area contributed by atoms with E-state index in [4.69, 9.17) is 14.6 Å². The summed E-state index contributed by atoms with van der Waals surface area (Å²) in [6.45, 7) is 4.60. The normalized spacial score (nSPS) is 28.2. The topological polar surface area (TPSA) is 38.7 Å². The van der Waals surface area contributed by atoms with Gasteiger partial charge in [-0.3, -0.25) is 0 Å². The fraction of sp³-hybridized carbons (Fsp3) is 1.00. The summed E-state index contributed by atoms with van der Waals surface area (Å²) in [6, 6.07) is 0. The maximum absolute atomic E-state index is 9.00. The summed E-state index contributed by atoms with van der Waals surface area (Å²) >= 11 is 0. The molecule has 1 heterocycles. The van der Waals surface area contributed by atoms with Crippen molar-refractivity contribution in [1.82, 2.24) is 0 Å². The minimum Gasteiger partial charge on any atom is -0.396 e. The molecule has 0 spiro atoms. The molecule has 0 aromatic carbocycles.